The van der Waals surface area contributed by atoms with Crippen LogP contribution in [-0.4, -0.2) is 25.1 Å². The minimum Gasteiger partial charge on any atom is -0.481 e. The number of halogens is 2. The molecule has 0 saturated heterocycles. The van der Waals surface area contributed by atoms with Crippen LogP contribution in [0.1, 0.15) is 22.3 Å². The summed E-state index contributed by atoms with van der Waals surface area (Å²) in [4.78, 5) is 23.9. The molecule has 0 fully saturated rings. The zero-order valence-corrected chi connectivity index (χ0v) is 17.1. The van der Waals surface area contributed by atoms with Crippen molar-refractivity contribution < 1.29 is 19.1 Å². The molecule has 5 nitrogen and oxygen atoms in total. The van der Waals surface area contributed by atoms with Gasteiger partial charge in [-0.05, 0) is 68.1 Å². The first-order chi connectivity index (χ1) is 12.7. The average molecular weight is 410 g/mol. The van der Waals surface area contributed by atoms with Gasteiger partial charge in [0.15, 0.2) is 13.2 Å². The Hall–Kier alpha value is -2.24. The summed E-state index contributed by atoms with van der Waals surface area (Å²) in [5, 5.41) is 3.69. The Labute approximate surface area is 168 Å². The fourth-order valence-corrected chi connectivity index (χ4v) is 3.39. The van der Waals surface area contributed by atoms with Crippen molar-refractivity contribution in [2.75, 3.05) is 18.5 Å². The molecule has 27 heavy (non-hydrogen) atoms. The Morgan fingerprint density at radius 2 is 1.56 bits per heavy atom. The molecule has 2 aromatic carbocycles. The molecule has 0 aliphatic heterocycles. The van der Waals surface area contributed by atoms with Crippen LogP contribution in [0.4, 0.5) is 5.69 Å². The molecule has 144 valence electrons. The van der Waals surface area contributed by atoms with Crippen LogP contribution in [0.5, 0.6) is 5.75 Å². The van der Waals surface area contributed by atoms with Crippen LogP contribution in [0.25, 0.3) is 0 Å². The lowest BCUT2D eigenvalue weighted by Crippen LogP contribution is -2.24. The Morgan fingerprint density at radius 3 is 2.15 bits per heavy atom. The molecule has 2 aromatic rings. The largest absolute Gasteiger partial charge is 0.481 e. The van der Waals surface area contributed by atoms with E-state index in [1.165, 1.54) is 0 Å². The van der Waals surface area contributed by atoms with E-state index in [1.54, 1.807) is 18.2 Å². The fourth-order valence-electron chi connectivity index (χ4n) is 2.69. The third-order valence-corrected chi connectivity index (χ3v) is 4.34. The van der Waals surface area contributed by atoms with Crippen LogP contribution in [0.15, 0.2) is 24.3 Å². The van der Waals surface area contributed by atoms with E-state index in [4.69, 9.17) is 32.7 Å². The van der Waals surface area contributed by atoms with E-state index in [0.717, 1.165) is 22.3 Å². The van der Waals surface area contributed by atoms with Gasteiger partial charge < -0.3 is 14.8 Å². The standard InChI is InChI=1S/C20H21Cl2NO4/c1-11-5-12(2)19(16(22)6-11)23-17(24)9-26-18(25)10-27-20-13(3)7-15(21)8-14(20)4/h5-8H,9-10H2,1-4H3,(H,23,24). The molecule has 0 atom stereocenters. The Bertz CT molecular complexity index is 834. The number of carbonyl (C=O) groups excluding carboxylic acids is 2. The van der Waals surface area contributed by atoms with E-state index < -0.39 is 18.5 Å². The van der Waals surface area contributed by atoms with Crippen molar-refractivity contribution in [1.82, 2.24) is 0 Å². The molecule has 0 aromatic heterocycles. The van der Waals surface area contributed by atoms with Crippen LogP contribution in [0.2, 0.25) is 10.0 Å². The second-order valence-corrected chi connectivity index (χ2v) is 7.15. The van der Waals surface area contributed by atoms with Gasteiger partial charge in [-0.3, -0.25) is 4.79 Å². The van der Waals surface area contributed by atoms with Crippen LogP contribution in [0.3, 0.4) is 0 Å². The SMILES string of the molecule is Cc1cc(C)c(NC(=O)COC(=O)COc2c(C)cc(Cl)cc2C)c(Cl)c1. The molecule has 2 rings (SSSR count). The van der Waals surface area contributed by atoms with Crippen molar-refractivity contribution in [3.63, 3.8) is 0 Å². The van der Waals surface area contributed by atoms with Crippen molar-refractivity contribution >= 4 is 40.8 Å². The Kier molecular flexibility index (Phi) is 7.11. The molecule has 0 spiro atoms. The monoisotopic (exact) mass is 409 g/mol. The van der Waals surface area contributed by atoms with Crippen molar-refractivity contribution in [2.24, 2.45) is 0 Å². The van der Waals surface area contributed by atoms with Crippen LogP contribution in [0, 0.1) is 27.7 Å². The number of esters is 1. The fraction of sp³-hybridized carbons (Fsp3) is 0.300. The number of hydrogen-bond acceptors (Lipinski definition) is 4. The van der Waals surface area contributed by atoms with Gasteiger partial charge >= 0.3 is 5.97 Å². The minimum absolute atomic E-state index is 0.305. The number of benzene rings is 2. The van der Waals surface area contributed by atoms with Crippen LogP contribution >= 0.6 is 23.2 Å². The molecule has 0 bridgehead atoms. The highest BCUT2D eigenvalue weighted by Gasteiger charge is 2.13. The van der Waals surface area contributed by atoms with Crippen LogP contribution in [-0.2, 0) is 14.3 Å². The number of aryl methyl sites for hydroxylation is 4. The van der Waals surface area contributed by atoms with E-state index in [9.17, 15) is 9.59 Å². The number of ether oxygens (including phenoxy) is 2. The topological polar surface area (TPSA) is 64.6 Å². The lowest BCUT2D eigenvalue weighted by atomic mass is 10.1. The number of nitrogens with one attached hydrogen (secondary N) is 1. The maximum absolute atomic E-state index is 12.0. The molecule has 0 heterocycles. The molecular weight excluding hydrogens is 389 g/mol. The molecule has 0 aliphatic carbocycles. The highest BCUT2D eigenvalue weighted by Crippen LogP contribution is 2.28. The smallest absolute Gasteiger partial charge is 0.344 e. The predicted octanol–water partition coefficient (Wildman–Crippen LogP) is 4.79. The molecule has 0 saturated carbocycles. The zero-order chi connectivity index (χ0) is 20.1. The van der Waals surface area contributed by atoms with Gasteiger partial charge in [-0.1, -0.05) is 29.3 Å². The lowest BCUT2D eigenvalue weighted by molar-refractivity contribution is -0.149. The lowest BCUT2D eigenvalue weighted by Gasteiger charge is -2.13. The van der Waals surface area contributed by atoms with Gasteiger partial charge in [0.2, 0.25) is 0 Å². The van der Waals surface area contributed by atoms with Gasteiger partial charge in [0, 0.05) is 5.02 Å². The number of rotatable bonds is 6. The molecule has 0 unspecified atom stereocenters. The highest BCUT2D eigenvalue weighted by molar-refractivity contribution is 6.34. The normalized spacial score (nSPS) is 10.4. The first-order valence-electron chi connectivity index (χ1n) is 8.29. The first-order valence-corrected chi connectivity index (χ1v) is 9.04. The van der Waals surface area contributed by atoms with E-state index in [0.29, 0.717) is 21.5 Å². The minimum atomic E-state index is -0.648. The number of anilines is 1. The maximum Gasteiger partial charge on any atom is 0.344 e. The summed E-state index contributed by atoms with van der Waals surface area (Å²) in [5.41, 5.74) is 3.96. The summed E-state index contributed by atoms with van der Waals surface area (Å²) in [5.74, 6) is -0.551. The Balaban J connectivity index is 1.86. The zero-order valence-electron chi connectivity index (χ0n) is 15.6. The van der Waals surface area contributed by atoms with Gasteiger partial charge in [-0.15, -0.1) is 0 Å². The summed E-state index contributed by atoms with van der Waals surface area (Å²) in [6.07, 6.45) is 0. The maximum atomic E-state index is 12.0. The van der Waals surface area contributed by atoms with Gasteiger partial charge in [0.1, 0.15) is 5.75 Å². The molecule has 7 heteroatoms. The molecule has 0 aliphatic rings. The van der Waals surface area contributed by atoms with Crippen molar-refractivity contribution in [3.8, 4) is 5.75 Å². The summed E-state index contributed by atoms with van der Waals surface area (Å²) in [6, 6.07) is 7.14. The van der Waals surface area contributed by atoms with Gasteiger partial charge in [-0.2, -0.15) is 0 Å². The van der Waals surface area contributed by atoms with Gasteiger partial charge in [0.25, 0.3) is 5.91 Å². The molecule has 0 radical (unpaired) electrons. The number of hydrogen-bond donors (Lipinski definition) is 1. The van der Waals surface area contributed by atoms with Crippen LogP contribution < -0.4 is 10.1 Å². The third kappa shape index (κ3) is 5.88. The van der Waals surface area contributed by atoms with Gasteiger partial charge in [-0.25, -0.2) is 4.79 Å². The number of amides is 1. The summed E-state index contributed by atoms with van der Waals surface area (Å²) in [6.45, 7) is 6.69. The van der Waals surface area contributed by atoms with Crippen molar-refractivity contribution in [3.05, 3.63) is 56.6 Å². The highest BCUT2D eigenvalue weighted by atomic mass is 35.5. The van der Waals surface area contributed by atoms with Crippen molar-refractivity contribution in [1.29, 1.82) is 0 Å². The van der Waals surface area contributed by atoms with E-state index in [2.05, 4.69) is 5.32 Å². The third-order valence-electron chi connectivity index (χ3n) is 3.82. The molecule has 1 N–H and O–H groups in total. The quantitative estimate of drug-likeness (QED) is 0.696. The summed E-state index contributed by atoms with van der Waals surface area (Å²) < 4.78 is 10.5. The first kappa shape index (κ1) is 21.1. The molecular formula is C20H21Cl2NO4. The molecule has 1 amide bonds. The van der Waals surface area contributed by atoms with E-state index >= 15 is 0 Å². The van der Waals surface area contributed by atoms with E-state index in [1.807, 2.05) is 33.8 Å². The average Bonchev–Trinajstić information content (AvgIpc) is 2.55. The second kappa shape index (κ2) is 9.11. The van der Waals surface area contributed by atoms with E-state index in [-0.39, 0.29) is 6.61 Å². The summed E-state index contributed by atoms with van der Waals surface area (Å²) in [7, 11) is 0. The summed E-state index contributed by atoms with van der Waals surface area (Å²) >= 11 is 12.1. The van der Waals surface area contributed by atoms with Crippen molar-refractivity contribution in [2.45, 2.75) is 27.7 Å². The number of carbonyl (C=O) groups is 2. The predicted molar refractivity (Wildman–Crippen MR) is 107 cm³/mol. The Morgan fingerprint density at radius 1 is 0.926 bits per heavy atom. The van der Waals surface area contributed by atoms with Gasteiger partial charge in [0.05, 0.1) is 10.7 Å². The second-order valence-electron chi connectivity index (χ2n) is 6.30.